The van der Waals surface area contributed by atoms with Crippen LogP contribution in [-0.2, 0) is 12.8 Å². The first-order chi connectivity index (χ1) is 6.74. The first kappa shape index (κ1) is 10.7. The Bertz CT molecular complexity index is 332. The average molecular weight is 274 g/mol. The van der Waals surface area contributed by atoms with E-state index in [9.17, 15) is 0 Å². The monoisotopic (exact) mass is 273 g/mol. The van der Waals surface area contributed by atoms with E-state index in [-0.39, 0.29) is 0 Å². The fourth-order valence-corrected chi connectivity index (χ4v) is 4.66. The van der Waals surface area contributed by atoms with Gasteiger partial charge in [-0.15, -0.1) is 11.3 Å². The van der Waals surface area contributed by atoms with Crippen molar-refractivity contribution in [2.75, 3.05) is 6.54 Å². The third-order valence-corrected chi connectivity index (χ3v) is 5.62. The van der Waals surface area contributed by atoms with E-state index in [4.69, 9.17) is 5.73 Å². The Labute approximate surface area is 97.8 Å². The van der Waals surface area contributed by atoms with Gasteiger partial charge in [0.05, 0.1) is 0 Å². The summed E-state index contributed by atoms with van der Waals surface area (Å²) in [6, 6.07) is 0. The quantitative estimate of drug-likeness (QED) is 0.897. The van der Waals surface area contributed by atoms with Crippen molar-refractivity contribution in [2.45, 2.75) is 38.5 Å². The maximum Gasteiger partial charge on any atom is 0.0352 e. The molecule has 1 unspecified atom stereocenters. The lowest BCUT2D eigenvalue weighted by Gasteiger charge is -2.08. The van der Waals surface area contributed by atoms with Crippen molar-refractivity contribution in [3.8, 4) is 0 Å². The Morgan fingerprint density at radius 1 is 1.50 bits per heavy atom. The zero-order valence-corrected chi connectivity index (χ0v) is 10.9. The van der Waals surface area contributed by atoms with E-state index in [1.165, 1.54) is 28.6 Å². The minimum Gasteiger partial charge on any atom is -0.330 e. The number of hydrogen-bond donors (Lipinski definition) is 1. The molecule has 1 heterocycles. The number of fused-ring (bicyclic) bond motifs is 1. The van der Waals surface area contributed by atoms with Crippen molar-refractivity contribution in [3.05, 3.63) is 19.8 Å². The second-order valence-electron chi connectivity index (χ2n) is 4.01. The summed E-state index contributed by atoms with van der Waals surface area (Å²) in [4.78, 5) is 3.12. The van der Waals surface area contributed by atoms with Crippen LogP contribution in [0.1, 0.15) is 41.0 Å². The Morgan fingerprint density at radius 2 is 2.29 bits per heavy atom. The first-order valence-electron chi connectivity index (χ1n) is 5.24. The molecule has 1 aromatic heterocycles. The minimum atomic E-state index is 0.616. The van der Waals surface area contributed by atoms with Gasteiger partial charge >= 0.3 is 0 Å². The van der Waals surface area contributed by atoms with Crippen molar-refractivity contribution in [1.29, 1.82) is 0 Å². The number of aryl methyl sites for hydroxylation is 1. The van der Waals surface area contributed by atoms with Gasteiger partial charge in [-0.3, -0.25) is 0 Å². The molecule has 0 amide bonds. The molecule has 14 heavy (non-hydrogen) atoms. The van der Waals surface area contributed by atoms with Gasteiger partial charge in [-0.25, -0.2) is 0 Å². The molecule has 2 N–H and O–H groups in total. The van der Waals surface area contributed by atoms with Gasteiger partial charge in [-0.1, -0.05) is 6.92 Å². The van der Waals surface area contributed by atoms with Gasteiger partial charge in [0.2, 0.25) is 0 Å². The molecule has 1 aliphatic carbocycles. The van der Waals surface area contributed by atoms with Crippen LogP contribution in [0.15, 0.2) is 4.47 Å². The molecule has 1 aromatic rings. The SMILES string of the molecule is CC(CCN)c1sc2c(c1Br)CCC2. The van der Waals surface area contributed by atoms with Crippen LogP contribution in [-0.4, -0.2) is 6.54 Å². The molecule has 2 rings (SSSR count). The van der Waals surface area contributed by atoms with Gasteiger partial charge < -0.3 is 5.73 Å². The normalized spacial score (nSPS) is 17.1. The summed E-state index contributed by atoms with van der Waals surface area (Å²) in [5, 5.41) is 0. The van der Waals surface area contributed by atoms with Crippen LogP contribution in [0.25, 0.3) is 0 Å². The number of hydrogen-bond acceptors (Lipinski definition) is 2. The smallest absolute Gasteiger partial charge is 0.0352 e. The molecule has 3 heteroatoms. The van der Waals surface area contributed by atoms with Crippen LogP contribution in [0.4, 0.5) is 0 Å². The number of thiophene rings is 1. The lowest BCUT2D eigenvalue weighted by molar-refractivity contribution is 0.698. The van der Waals surface area contributed by atoms with Crippen molar-refractivity contribution in [1.82, 2.24) is 0 Å². The number of halogens is 1. The molecule has 1 nitrogen and oxygen atoms in total. The van der Waals surface area contributed by atoms with Crippen LogP contribution in [0.3, 0.4) is 0 Å². The van der Waals surface area contributed by atoms with Gasteiger partial charge in [0.25, 0.3) is 0 Å². The minimum absolute atomic E-state index is 0.616. The lowest BCUT2D eigenvalue weighted by Crippen LogP contribution is -2.03. The van der Waals surface area contributed by atoms with E-state index in [1.807, 2.05) is 11.3 Å². The largest absolute Gasteiger partial charge is 0.330 e. The molecule has 0 bridgehead atoms. The predicted molar refractivity (Wildman–Crippen MR) is 66.1 cm³/mol. The summed E-state index contributed by atoms with van der Waals surface area (Å²) in [6.07, 6.45) is 4.99. The van der Waals surface area contributed by atoms with Gasteiger partial charge in [0, 0.05) is 14.2 Å². The second-order valence-corrected chi connectivity index (χ2v) is 5.94. The Kier molecular flexibility index (Phi) is 3.30. The predicted octanol–water partition coefficient (Wildman–Crippen LogP) is 3.45. The van der Waals surface area contributed by atoms with Crippen LogP contribution < -0.4 is 5.73 Å². The van der Waals surface area contributed by atoms with Gasteiger partial charge in [-0.05, 0) is 59.6 Å². The third-order valence-electron chi connectivity index (χ3n) is 2.93. The molecule has 78 valence electrons. The lowest BCUT2D eigenvalue weighted by atomic mass is 10.1. The van der Waals surface area contributed by atoms with Crippen molar-refractivity contribution >= 4 is 27.3 Å². The molecule has 0 spiro atoms. The molecular weight excluding hydrogens is 258 g/mol. The van der Waals surface area contributed by atoms with E-state index < -0.39 is 0 Å². The summed E-state index contributed by atoms with van der Waals surface area (Å²) in [5.41, 5.74) is 7.18. The number of nitrogens with two attached hydrogens (primary N) is 1. The fraction of sp³-hybridized carbons (Fsp3) is 0.636. The molecule has 0 saturated heterocycles. The maximum atomic E-state index is 5.60. The van der Waals surface area contributed by atoms with Crippen LogP contribution in [0, 0.1) is 0 Å². The molecule has 0 aromatic carbocycles. The summed E-state index contributed by atoms with van der Waals surface area (Å²) < 4.78 is 1.39. The maximum absolute atomic E-state index is 5.60. The van der Waals surface area contributed by atoms with Gasteiger partial charge in [-0.2, -0.15) is 0 Å². The van der Waals surface area contributed by atoms with E-state index in [0.29, 0.717) is 5.92 Å². The van der Waals surface area contributed by atoms with E-state index in [2.05, 4.69) is 22.9 Å². The Hall–Kier alpha value is 0.140. The highest BCUT2D eigenvalue weighted by atomic mass is 79.9. The Balaban J connectivity index is 2.27. The third kappa shape index (κ3) is 1.77. The molecular formula is C11H16BrNS. The highest BCUT2D eigenvalue weighted by molar-refractivity contribution is 9.10. The van der Waals surface area contributed by atoms with Crippen LogP contribution in [0.5, 0.6) is 0 Å². The zero-order valence-electron chi connectivity index (χ0n) is 8.48. The Morgan fingerprint density at radius 3 is 2.93 bits per heavy atom. The first-order valence-corrected chi connectivity index (χ1v) is 6.85. The van der Waals surface area contributed by atoms with Crippen molar-refractivity contribution < 1.29 is 0 Å². The second kappa shape index (κ2) is 4.33. The van der Waals surface area contributed by atoms with Crippen LogP contribution >= 0.6 is 27.3 Å². The topological polar surface area (TPSA) is 26.0 Å². The summed E-state index contributed by atoms with van der Waals surface area (Å²) >= 11 is 5.74. The van der Waals surface area contributed by atoms with Gasteiger partial charge in [0.1, 0.15) is 0 Å². The summed E-state index contributed by atoms with van der Waals surface area (Å²) in [6.45, 7) is 3.06. The molecule has 0 saturated carbocycles. The van der Waals surface area contributed by atoms with E-state index in [0.717, 1.165) is 13.0 Å². The molecule has 1 atom stereocenters. The highest BCUT2D eigenvalue weighted by Gasteiger charge is 2.22. The van der Waals surface area contributed by atoms with Crippen molar-refractivity contribution in [3.63, 3.8) is 0 Å². The fourth-order valence-electron chi connectivity index (χ4n) is 2.09. The summed E-state index contributed by atoms with van der Waals surface area (Å²) in [5.74, 6) is 0.616. The molecule has 1 aliphatic rings. The molecule has 0 aliphatic heterocycles. The van der Waals surface area contributed by atoms with Crippen LogP contribution in [0.2, 0.25) is 0 Å². The highest BCUT2D eigenvalue weighted by Crippen LogP contribution is 2.42. The standard InChI is InChI=1S/C11H16BrNS/c1-7(5-6-13)11-10(12)8-3-2-4-9(8)14-11/h7H,2-6,13H2,1H3. The number of rotatable bonds is 3. The van der Waals surface area contributed by atoms with Crippen molar-refractivity contribution in [2.24, 2.45) is 5.73 Å². The zero-order chi connectivity index (χ0) is 10.1. The average Bonchev–Trinajstić information content (AvgIpc) is 2.69. The summed E-state index contributed by atoms with van der Waals surface area (Å²) in [7, 11) is 0. The molecule has 0 radical (unpaired) electrons. The molecule has 0 fully saturated rings. The van der Waals surface area contributed by atoms with E-state index in [1.54, 1.807) is 10.4 Å². The van der Waals surface area contributed by atoms with Gasteiger partial charge in [0.15, 0.2) is 0 Å². The van der Waals surface area contributed by atoms with E-state index >= 15 is 0 Å².